The number of ether oxygens (including phenoxy) is 1. The van der Waals surface area contributed by atoms with E-state index in [1.807, 2.05) is 30.3 Å². The first-order valence-corrected chi connectivity index (χ1v) is 8.57. The summed E-state index contributed by atoms with van der Waals surface area (Å²) in [5.41, 5.74) is 0. The van der Waals surface area contributed by atoms with Gasteiger partial charge in [-0.15, -0.1) is 24.0 Å². The summed E-state index contributed by atoms with van der Waals surface area (Å²) < 4.78 is 5.68. The Morgan fingerprint density at radius 1 is 1.28 bits per heavy atom. The molecule has 0 aliphatic carbocycles. The van der Waals surface area contributed by atoms with E-state index in [0.29, 0.717) is 25.5 Å². The normalized spacial score (nSPS) is 15.3. The van der Waals surface area contributed by atoms with Gasteiger partial charge < -0.3 is 20.3 Å². The maximum Gasteiger partial charge on any atom is 0.220 e. The highest BCUT2D eigenvalue weighted by atomic mass is 127. The van der Waals surface area contributed by atoms with Crippen LogP contribution >= 0.6 is 24.0 Å². The Kier molecular flexibility index (Phi) is 10.3. The molecule has 140 valence electrons. The van der Waals surface area contributed by atoms with Gasteiger partial charge in [-0.2, -0.15) is 0 Å². The Morgan fingerprint density at radius 2 is 1.96 bits per heavy atom. The summed E-state index contributed by atoms with van der Waals surface area (Å²) in [6.45, 7) is 3.16. The predicted molar refractivity (Wildman–Crippen MR) is 112 cm³/mol. The Bertz CT molecular complexity index is 531. The summed E-state index contributed by atoms with van der Waals surface area (Å²) in [5.74, 6) is 2.39. The molecular weight excluding hydrogens is 431 g/mol. The number of likely N-dealkylation sites (tertiary alicyclic amines) is 1. The van der Waals surface area contributed by atoms with Crippen LogP contribution in [0.1, 0.15) is 19.3 Å². The number of benzene rings is 1. The van der Waals surface area contributed by atoms with E-state index in [1.54, 1.807) is 14.1 Å². The van der Waals surface area contributed by atoms with Crippen molar-refractivity contribution >= 4 is 35.8 Å². The fourth-order valence-corrected chi connectivity index (χ4v) is 2.89. The number of hydrogen-bond donors (Lipinski definition) is 2. The number of nitrogens with zero attached hydrogens (tertiary/aromatic N) is 2. The van der Waals surface area contributed by atoms with Crippen LogP contribution in [0.4, 0.5) is 0 Å². The number of para-hydroxylation sites is 1. The van der Waals surface area contributed by atoms with Crippen molar-refractivity contribution in [3.05, 3.63) is 30.3 Å². The molecule has 1 aromatic rings. The van der Waals surface area contributed by atoms with Gasteiger partial charge in [0.25, 0.3) is 0 Å². The molecule has 0 atom stereocenters. The van der Waals surface area contributed by atoms with Crippen molar-refractivity contribution in [1.29, 1.82) is 0 Å². The first-order chi connectivity index (χ1) is 11.7. The topological polar surface area (TPSA) is 66.0 Å². The van der Waals surface area contributed by atoms with Gasteiger partial charge in [0.15, 0.2) is 5.96 Å². The summed E-state index contributed by atoms with van der Waals surface area (Å²) in [5, 5.41) is 6.05. The SMILES string of the molecule is CN=C(NCCOc1ccccc1)N1CCC(CC(=O)NC)CC1.I. The number of amides is 1. The van der Waals surface area contributed by atoms with Crippen LogP contribution in [0.3, 0.4) is 0 Å². The molecule has 1 fully saturated rings. The predicted octanol–water partition coefficient (Wildman–Crippen LogP) is 2.11. The standard InChI is InChI=1S/C18H28N4O2.HI/c1-19-17(23)14-15-8-11-22(12-9-15)18(20-2)21-10-13-24-16-6-4-3-5-7-16;/h3-7,15H,8-14H2,1-2H3,(H,19,23)(H,20,21);1H. The number of hydrogen-bond acceptors (Lipinski definition) is 3. The molecule has 0 radical (unpaired) electrons. The molecule has 0 saturated carbocycles. The smallest absolute Gasteiger partial charge is 0.220 e. The molecule has 7 heteroatoms. The zero-order valence-electron chi connectivity index (χ0n) is 15.0. The van der Waals surface area contributed by atoms with Crippen molar-refractivity contribution in [2.24, 2.45) is 10.9 Å². The van der Waals surface area contributed by atoms with Crippen LogP contribution in [0.15, 0.2) is 35.3 Å². The van der Waals surface area contributed by atoms with Gasteiger partial charge in [0.2, 0.25) is 5.91 Å². The van der Waals surface area contributed by atoms with Crippen LogP contribution < -0.4 is 15.4 Å². The van der Waals surface area contributed by atoms with Gasteiger partial charge in [-0.1, -0.05) is 18.2 Å². The molecule has 2 rings (SSSR count). The molecule has 6 nitrogen and oxygen atoms in total. The molecule has 1 aliphatic heterocycles. The molecule has 2 N–H and O–H groups in total. The monoisotopic (exact) mass is 460 g/mol. The summed E-state index contributed by atoms with van der Waals surface area (Å²) in [6.07, 6.45) is 2.67. The van der Waals surface area contributed by atoms with E-state index in [9.17, 15) is 4.79 Å². The van der Waals surface area contributed by atoms with Gasteiger partial charge in [-0.25, -0.2) is 0 Å². The Labute approximate surface area is 167 Å². The molecule has 0 bridgehead atoms. The minimum atomic E-state index is 0. The molecular formula is C18H29IN4O2. The van der Waals surface area contributed by atoms with Crippen molar-refractivity contribution in [1.82, 2.24) is 15.5 Å². The Hall–Kier alpha value is -1.51. The highest BCUT2D eigenvalue weighted by Crippen LogP contribution is 2.20. The zero-order valence-corrected chi connectivity index (χ0v) is 17.4. The summed E-state index contributed by atoms with van der Waals surface area (Å²) in [6, 6.07) is 9.80. The number of nitrogens with one attached hydrogen (secondary N) is 2. The van der Waals surface area contributed by atoms with E-state index in [0.717, 1.165) is 37.6 Å². The van der Waals surface area contributed by atoms with Gasteiger partial charge in [0, 0.05) is 33.6 Å². The average molecular weight is 460 g/mol. The van der Waals surface area contributed by atoms with E-state index in [-0.39, 0.29) is 29.9 Å². The van der Waals surface area contributed by atoms with Crippen molar-refractivity contribution in [3.8, 4) is 5.75 Å². The highest BCUT2D eigenvalue weighted by Gasteiger charge is 2.22. The molecule has 1 saturated heterocycles. The number of aliphatic imine (C=N–C) groups is 1. The first-order valence-electron chi connectivity index (χ1n) is 8.57. The van der Waals surface area contributed by atoms with Gasteiger partial charge >= 0.3 is 0 Å². The van der Waals surface area contributed by atoms with Crippen molar-refractivity contribution in [2.75, 3.05) is 40.3 Å². The number of guanidine groups is 1. The van der Waals surface area contributed by atoms with Crippen LogP contribution in [0.25, 0.3) is 0 Å². The molecule has 0 spiro atoms. The minimum absolute atomic E-state index is 0. The second-order valence-corrected chi connectivity index (χ2v) is 5.94. The molecule has 25 heavy (non-hydrogen) atoms. The van der Waals surface area contributed by atoms with Gasteiger partial charge in [-0.05, 0) is 30.9 Å². The Morgan fingerprint density at radius 3 is 2.56 bits per heavy atom. The van der Waals surface area contributed by atoms with Crippen LogP contribution in [-0.2, 0) is 4.79 Å². The van der Waals surface area contributed by atoms with E-state index >= 15 is 0 Å². The summed E-state index contributed by atoms with van der Waals surface area (Å²) in [4.78, 5) is 18.1. The molecule has 1 heterocycles. The number of halogens is 1. The number of carbonyl (C=O) groups is 1. The van der Waals surface area contributed by atoms with Crippen molar-refractivity contribution < 1.29 is 9.53 Å². The maximum absolute atomic E-state index is 11.5. The number of piperidine rings is 1. The quantitative estimate of drug-likeness (QED) is 0.296. The maximum atomic E-state index is 11.5. The fraction of sp³-hybridized carbons (Fsp3) is 0.556. The largest absolute Gasteiger partial charge is 0.492 e. The number of carbonyl (C=O) groups excluding carboxylic acids is 1. The third-order valence-electron chi connectivity index (χ3n) is 4.28. The lowest BCUT2D eigenvalue weighted by atomic mass is 9.93. The van der Waals surface area contributed by atoms with E-state index in [1.165, 1.54) is 0 Å². The lowest BCUT2D eigenvalue weighted by molar-refractivity contribution is -0.121. The number of rotatable bonds is 6. The summed E-state index contributed by atoms with van der Waals surface area (Å²) >= 11 is 0. The lowest BCUT2D eigenvalue weighted by Crippen LogP contribution is -2.46. The van der Waals surface area contributed by atoms with Gasteiger partial charge in [0.1, 0.15) is 12.4 Å². The molecule has 0 aromatic heterocycles. The molecule has 0 unspecified atom stereocenters. The van der Waals surface area contributed by atoms with E-state index in [4.69, 9.17) is 4.74 Å². The van der Waals surface area contributed by atoms with Crippen LogP contribution in [0.5, 0.6) is 5.75 Å². The van der Waals surface area contributed by atoms with Crippen LogP contribution in [-0.4, -0.2) is 57.1 Å². The average Bonchev–Trinajstić information content (AvgIpc) is 2.63. The third kappa shape index (κ3) is 7.50. The van der Waals surface area contributed by atoms with E-state index < -0.39 is 0 Å². The third-order valence-corrected chi connectivity index (χ3v) is 4.28. The second kappa shape index (κ2) is 11.9. The van der Waals surface area contributed by atoms with E-state index in [2.05, 4.69) is 20.5 Å². The molecule has 1 aliphatic rings. The summed E-state index contributed by atoms with van der Waals surface area (Å²) in [7, 11) is 3.50. The highest BCUT2D eigenvalue weighted by molar-refractivity contribution is 14.0. The first kappa shape index (κ1) is 21.5. The molecule has 1 amide bonds. The van der Waals surface area contributed by atoms with Gasteiger partial charge in [-0.3, -0.25) is 9.79 Å². The zero-order chi connectivity index (χ0) is 17.2. The van der Waals surface area contributed by atoms with Crippen molar-refractivity contribution in [2.45, 2.75) is 19.3 Å². The lowest BCUT2D eigenvalue weighted by Gasteiger charge is -2.34. The van der Waals surface area contributed by atoms with Gasteiger partial charge in [0.05, 0.1) is 6.54 Å². The van der Waals surface area contributed by atoms with Crippen LogP contribution in [0.2, 0.25) is 0 Å². The van der Waals surface area contributed by atoms with Crippen molar-refractivity contribution in [3.63, 3.8) is 0 Å². The minimum Gasteiger partial charge on any atom is -0.492 e. The Balaban J connectivity index is 0.00000312. The fourth-order valence-electron chi connectivity index (χ4n) is 2.89. The molecule has 1 aromatic carbocycles. The van der Waals surface area contributed by atoms with Crippen LogP contribution in [0, 0.1) is 5.92 Å². The second-order valence-electron chi connectivity index (χ2n) is 5.94.